The molecular formula is C21H50NO3Si2+. The summed E-state index contributed by atoms with van der Waals surface area (Å²) in [6.45, 7) is 28.6. The van der Waals surface area contributed by atoms with E-state index in [1.54, 1.807) is 0 Å². The van der Waals surface area contributed by atoms with Gasteiger partial charge in [0.2, 0.25) is 0 Å². The van der Waals surface area contributed by atoms with Crippen LogP contribution in [0.4, 0.5) is 0 Å². The van der Waals surface area contributed by atoms with Crippen LogP contribution in [0.2, 0.25) is 24.2 Å². The van der Waals surface area contributed by atoms with Gasteiger partial charge in [0.1, 0.15) is 0 Å². The summed E-state index contributed by atoms with van der Waals surface area (Å²) in [7, 11) is -0.394. The third kappa shape index (κ3) is 9.54. The van der Waals surface area contributed by atoms with E-state index in [4.69, 9.17) is 13.6 Å². The van der Waals surface area contributed by atoms with Crippen molar-refractivity contribution in [3.05, 3.63) is 0 Å². The first-order valence-corrected chi connectivity index (χ1v) is 15.5. The Bertz CT molecular complexity index is 418. The van der Waals surface area contributed by atoms with E-state index in [2.05, 4.69) is 82.5 Å². The molecule has 6 heteroatoms. The van der Waals surface area contributed by atoms with Crippen LogP contribution in [0.1, 0.15) is 68.7 Å². The molecule has 164 valence electrons. The summed E-state index contributed by atoms with van der Waals surface area (Å²) >= 11 is 0. The van der Waals surface area contributed by atoms with Gasteiger partial charge in [0.15, 0.2) is 24.8 Å². The lowest BCUT2D eigenvalue weighted by atomic mass is 9.94. The number of hydrogen-bond donors (Lipinski definition) is 0. The Hall–Kier alpha value is 0.274. The third-order valence-electron chi connectivity index (χ3n) is 6.42. The van der Waals surface area contributed by atoms with Crippen molar-refractivity contribution in [1.82, 2.24) is 0 Å². The maximum Gasteiger partial charge on any atom is 0.182 e. The first-order valence-electron chi connectivity index (χ1n) is 10.9. The molecule has 0 aliphatic carbocycles. The molecule has 0 aromatic rings. The smallest absolute Gasteiger partial charge is 0.182 e. The molecule has 27 heavy (non-hydrogen) atoms. The minimum absolute atomic E-state index is 0.0690. The SMILES string of the molecule is CC[N+](C)(CC)COCCC[SiH](C)OC(C)(C)C(C)(C)[SiH](C)OC(C)(C)C. The van der Waals surface area contributed by atoms with Crippen molar-refractivity contribution in [3.63, 3.8) is 0 Å². The van der Waals surface area contributed by atoms with Crippen LogP contribution in [0.25, 0.3) is 0 Å². The second kappa shape index (κ2) is 10.9. The van der Waals surface area contributed by atoms with Crippen LogP contribution in [0.3, 0.4) is 0 Å². The van der Waals surface area contributed by atoms with Crippen LogP contribution in [0, 0.1) is 0 Å². The Morgan fingerprint density at radius 1 is 0.852 bits per heavy atom. The van der Waals surface area contributed by atoms with Crippen molar-refractivity contribution in [2.45, 2.75) is 104 Å². The first-order chi connectivity index (χ1) is 12.1. The predicted octanol–water partition coefficient (Wildman–Crippen LogP) is 4.93. The predicted molar refractivity (Wildman–Crippen MR) is 124 cm³/mol. The van der Waals surface area contributed by atoms with E-state index in [1.165, 1.54) is 0 Å². The highest BCUT2D eigenvalue weighted by Gasteiger charge is 2.45. The van der Waals surface area contributed by atoms with Gasteiger partial charge in [0.05, 0.1) is 32.3 Å². The lowest BCUT2D eigenvalue weighted by molar-refractivity contribution is -0.924. The fraction of sp³-hybridized carbons (Fsp3) is 1.00. The van der Waals surface area contributed by atoms with Gasteiger partial charge in [-0.1, -0.05) is 13.8 Å². The summed E-state index contributed by atoms with van der Waals surface area (Å²) in [5, 5.41) is 0.0690. The van der Waals surface area contributed by atoms with E-state index in [1.807, 2.05) is 0 Å². The number of quaternary nitrogens is 1. The molecule has 0 N–H and O–H groups in total. The molecule has 0 amide bonds. The molecular weight excluding hydrogens is 370 g/mol. The standard InChI is InChI=1S/C21H50NO3Si2/c1-13-22(10,14-2)18-23-16-15-17-26(11)25-20(6,7)21(8,9)27(12)24-19(3,4)5/h26-27H,13-18H2,1-12H3/q+1. The highest BCUT2D eigenvalue weighted by molar-refractivity contribution is 6.55. The van der Waals surface area contributed by atoms with Crippen molar-refractivity contribution in [2.24, 2.45) is 0 Å². The van der Waals surface area contributed by atoms with Gasteiger partial charge in [-0.2, -0.15) is 0 Å². The minimum Gasteiger partial charge on any atom is -0.415 e. The van der Waals surface area contributed by atoms with Gasteiger partial charge in [-0.25, -0.2) is 0 Å². The molecule has 0 saturated heterocycles. The number of nitrogens with zero attached hydrogens (tertiary/aromatic N) is 1. The van der Waals surface area contributed by atoms with E-state index < -0.39 is 18.1 Å². The lowest BCUT2D eigenvalue weighted by Crippen LogP contribution is -2.50. The molecule has 0 heterocycles. The summed E-state index contributed by atoms with van der Waals surface area (Å²) in [4.78, 5) is 0. The molecule has 0 bridgehead atoms. The zero-order valence-corrected chi connectivity index (χ0v) is 22.9. The summed E-state index contributed by atoms with van der Waals surface area (Å²) in [6, 6.07) is 1.16. The molecule has 0 radical (unpaired) electrons. The number of ether oxygens (including phenoxy) is 1. The van der Waals surface area contributed by atoms with E-state index in [9.17, 15) is 0 Å². The first kappa shape index (κ1) is 27.3. The normalized spacial score (nSPS) is 16.4. The van der Waals surface area contributed by atoms with E-state index in [0.717, 1.165) is 43.4 Å². The Morgan fingerprint density at radius 2 is 1.37 bits per heavy atom. The van der Waals surface area contributed by atoms with Crippen molar-refractivity contribution < 1.29 is 18.1 Å². The minimum atomic E-state index is -1.41. The quantitative estimate of drug-likeness (QED) is 0.183. The van der Waals surface area contributed by atoms with Crippen molar-refractivity contribution in [1.29, 1.82) is 0 Å². The van der Waals surface area contributed by atoms with Gasteiger partial charge in [-0.15, -0.1) is 0 Å². The third-order valence-corrected chi connectivity index (χ3v) is 12.4. The average molecular weight is 421 g/mol. The van der Waals surface area contributed by atoms with Crippen LogP contribution in [0.5, 0.6) is 0 Å². The van der Waals surface area contributed by atoms with E-state index >= 15 is 0 Å². The molecule has 0 spiro atoms. The molecule has 0 saturated carbocycles. The second-order valence-corrected chi connectivity index (χ2v) is 15.9. The molecule has 0 aliphatic heterocycles. The topological polar surface area (TPSA) is 27.7 Å². The van der Waals surface area contributed by atoms with Crippen LogP contribution in [0.15, 0.2) is 0 Å². The van der Waals surface area contributed by atoms with Crippen LogP contribution in [-0.2, 0) is 13.6 Å². The maximum atomic E-state index is 6.66. The zero-order chi connectivity index (χ0) is 21.5. The Morgan fingerprint density at radius 3 is 1.81 bits per heavy atom. The average Bonchev–Trinajstić information content (AvgIpc) is 2.51. The van der Waals surface area contributed by atoms with Crippen LogP contribution in [-0.4, -0.2) is 67.2 Å². The fourth-order valence-electron chi connectivity index (χ4n) is 3.04. The van der Waals surface area contributed by atoms with E-state index in [0.29, 0.717) is 0 Å². The Balaban J connectivity index is 4.47. The van der Waals surface area contributed by atoms with Crippen molar-refractivity contribution in [2.75, 3.05) is 33.5 Å². The monoisotopic (exact) mass is 420 g/mol. The Labute approximate surface area is 174 Å². The van der Waals surface area contributed by atoms with Gasteiger partial charge >= 0.3 is 0 Å². The van der Waals surface area contributed by atoms with Crippen molar-refractivity contribution in [3.8, 4) is 0 Å². The van der Waals surface area contributed by atoms with Gasteiger partial charge in [-0.05, 0) is 74.0 Å². The maximum absolute atomic E-state index is 6.66. The highest BCUT2D eigenvalue weighted by Crippen LogP contribution is 2.45. The van der Waals surface area contributed by atoms with Gasteiger partial charge < -0.3 is 18.1 Å². The summed E-state index contributed by atoms with van der Waals surface area (Å²) in [5.41, 5.74) is -0.236. The molecule has 0 aromatic heterocycles. The fourth-order valence-corrected chi connectivity index (χ4v) is 7.75. The van der Waals surface area contributed by atoms with E-state index in [-0.39, 0.29) is 16.2 Å². The zero-order valence-electron chi connectivity index (χ0n) is 20.6. The molecule has 0 fully saturated rings. The van der Waals surface area contributed by atoms with Gasteiger partial charge in [0.25, 0.3) is 0 Å². The van der Waals surface area contributed by atoms with Crippen LogP contribution >= 0.6 is 0 Å². The molecule has 0 aromatic carbocycles. The second-order valence-electron chi connectivity index (χ2n) is 10.5. The number of hydrogen-bond acceptors (Lipinski definition) is 3. The van der Waals surface area contributed by atoms with Gasteiger partial charge in [-0.3, -0.25) is 0 Å². The molecule has 4 nitrogen and oxygen atoms in total. The lowest BCUT2D eigenvalue weighted by Gasteiger charge is -2.47. The summed E-state index contributed by atoms with van der Waals surface area (Å²) < 4.78 is 20.0. The highest BCUT2D eigenvalue weighted by atomic mass is 28.3. The molecule has 0 aliphatic rings. The molecule has 2 atom stereocenters. The molecule has 2 unspecified atom stereocenters. The Kier molecular flexibility index (Phi) is 11.0. The summed E-state index contributed by atoms with van der Waals surface area (Å²) in [5.74, 6) is 0. The summed E-state index contributed by atoms with van der Waals surface area (Å²) in [6.07, 6.45) is 1.10. The largest absolute Gasteiger partial charge is 0.415 e. The van der Waals surface area contributed by atoms with Crippen molar-refractivity contribution >= 4 is 18.1 Å². The van der Waals surface area contributed by atoms with Gasteiger partial charge in [0, 0.05) is 10.6 Å². The number of rotatable bonds is 13. The molecule has 0 rings (SSSR count). The van der Waals surface area contributed by atoms with Crippen LogP contribution < -0.4 is 0 Å².